The van der Waals surface area contributed by atoms with Crippen molar-refractivity contribution in [2.75, 3.05) is 13.2 Å². The molecular weight excluding hydrogens is 268 g/mol. The van der Waals surface area contributed by atoms with Crippen LogP contribution in [0.4, 0.5) is 0 Å². The van der Waals surface area contributed by atoms with Gasteiger partial charge in [0.15, 0.2) is 0 Å². The van der Waals surface area contributed by atoms with Crippen LogP contribution in [0.2, 0.25) is 0 Å². The molecule has 1 aliphatic heterocycles. The van der Waals surface area contributed by atoms with Crippen LogP contribution in [0.3, 0.4) is 0 Å². The first-order valence-corrected chi connectivity index (χ1v) is 7.81. The standard InChI is InChI=1S/C16H26N2O3/c1-10(2)15-14(6-5-9-20-15)16(19)17-8-7-13-11(3)18-21-12(13)4/h10,14-15H,5-9H2,1-4H3,(H,17,19)/t14-,15+/m1/s1. The molecule has 5 nitrogen and oxygen atoms in total. The van der Waals surface area contributed by atoms with E-state index in [9.17, 15) is 4.79 Å². The third-order valence-corrected chi connectivity index (χ3v) is 4.22. The second-order valence-electron chi connectivity index (χ2n) is 6.17. The minimum absolute atomic E-state index is 0.0246. The molecule has 1 aliphatic rings. The van der Waals surface area contributed by atoms with E-state index < -0.39 is 0 Å². The minimum atomic E-state index is -0.0246. The predicted octanol–water partition coefficient (Wildman–Crippen LogP) is 2.40. The number of hydrogen-bond acceptors (Lipinski definition) is 4. The second-order valence-corrected chi connectivity index (χ2v) is 6.17. The number of amides is 1. The molecule has 0 unspecified atom stereocenters. The van der Waals surface area contributed by atoms with Crippen molar-refractivity contribution in [3.63, 3.8) is 0 Å². The average molecular weight is 294 g/mol. The van der Waals surface area contributed by atoms with E-state index in [1.807, 2.05) is 13.8 Å². The van der Waals surface area contributed by atoms with E-state index in [2.05, 4.69) is 24.3 Å². The molecule has 5 heteroatoms. The van der Waals surface area contributed by atoms with Crippen LogP contribution in [0.25, 0.3) is 0 Å². The summed E-state index contributed by atoms with van der Waals surface area (Å²) in [5.41, 5.74) is 2.00. The van der Waals surface area contributed by atoms with Crippen LogP contribution in [0.15, 0.2) is 4.52 Å². The van der Waals surface area contributed by atoms with Gasteiger partial charge in [-0.3, -0.25) is 4.79 Å². The molecule has 1 aromatic heterocycles. The number of carbonyl (C=O) groups is 1. The zero-order valence-corrected chi connectivity index (χ0v) is 13.4. The van der Waals surface area contributed by atoms with Gasteiger partial charge in [-0.05, 0) is 39.0 Å². The number of aromatic nitrogens is 1. The van der Waals surface area contributed by atoms with E-state index in [1.165, 1.54) is 0 Å². The van der Waals surface area contributed by atoms with Gasteiger partial charge in [-0.25, -0.2) is 0 Å². The molecule has 0 saturated carbocycles. The van der Waals surface area contributed by atoms with Crippen molar-refractivity contribution in [3.8, 4) is 0 Å². The van der Waals surface area contributed by atoms with E-state index in [4.69, 9.17) is 9.26 Å². The Morgan fingerprint density at radius 1 is 1.43 bits per heavy atom. The average Bonchev–Trinajstić information content (AvgIpc) is 2.78. The number of ether oxygens (including phenoxy) is 1. The molecule has 2 rings (SSSR count). The predicted molar refractivity (Wildman–Crippen MR) is 80.0 cm³/mol. The molecule has 0 bridgehead atoms. The maximum atomic E-state index is 12.4. The highest BCUT2D eigenvalue weighted by Gasteiger charge is 2.33. The van der Waals surface area contributed by atoms with Crippen molar-refractivity contribution in [3.05, 3.63) is 17.0 Å². The van der Waals surface area contributed by atoms with Gasteiger partial charge in [0.25, 0.3) is 0 Å². The zero-order chi connectivity index (χ0) is 15.4. The Hall–Kier alpha value is -1.36. The van der Waals surface area contributed by atoms with Crippen molar-refractivity contribution >= 4 is 5.91 Å². The Kier molecular flexibility index (Phi) is 5.39. The summed E-state index contributed by atoms with van der Waals surface area (Å²) in [6.07, 6.45) is 2.68. The molecule has 1 fully saturated rings. The normalized spacial score (nSPS) is 22.5. The van der Waals surface area contributed by atoms with Crippen molar-refractivity contribution in [2.24, 2.45) is 11.8 Å². The van der Waals surface area contributed by atoms with Gasteiger partial charge in [0, 0.05) is 18.7 Å². The van der Waals surface area contributed by atoms with E-state index in [0.717, 1.165) is 42.9 Å². The van der Waals surface area contributed by atoms with Gasteiger partial charge in [-0.2, -0.15) is 0 Å². The fourth-order valence-corrected chi connectivity index (χ4v) is 3.04. The number of carbonyl (C=O) groups excluding carboxylic acids is 1. The topological polar surface area (TPSA) is 64.4 Å². The van der Waals surface area contributed by atoms with Crippen LogP contribution in [0, 0.1) is 25.7 Å². The molecule has 0 aliphatic carbocycles. The van der Waals surface area contributed by atoms with Crippen LogP contribution in [0.1, 0.15) is 43.7 Å². The van der Waals surface area contributed by atoms with Gasteiger partial charge in [-0.15, -0.1) is 0 Å². The fourth-order valence-electron chi connectivity index (χ4n) is 3.04. The van der Waals surface area contributed by atoms with E-state index >= 15 is 0 Å². The first-order chi connectivity index (χ1) is 10.0. The van der Waals surface area contributed by atoms with Crippen LogP contribution in [0.5, 0.6) is 0 Å². The molecule has 0 spiro atoms. The van der Waals surface area contributed by atoms with Gasteiger partial charge in [-0.1, -0.05) is 19.0 Å². The third-order valence-electron chi connectivity index (χ3n) is 4.22. The molecule has 118 valence electrons. The number of nitrogens with one attached hydrogen (secondary N) is 1. The number of aryl methyl sites for hydroxylation is 2. The van der Waals surface area contributed by atoms with Crippen molar-refractivity contribution < 1.29 is 14.1 Å². The van der Waals surface area contributed by atoms with Crippen LogP contribution in [-0.2, 0) is 16.0 Å². The van der Waals surface area contributed by atoms with Gasteiger partial charge in [0.1, 0.15) is 5.76 Å². The number of rotatable bonds is 5. The Morgan fingerprint density at radius 2 is 2.19 bits per heavy atom. The van der Waals surface area contributed by atoms with Gasteiger partial charge < -0.3 is 14.6 Å². The van der Waals surface area contributed by atoms with Crippen molar-refractivity contribution in [1.82, 2.24) is 10.5 Å². The molecule has 2 atom stereocenters. The Labute approximate surface area is 126 Å². The highest BCUT2D eigenvalue weighted by molar-refractivity contribution is 5.79. The zero-order valence-electron chi connectivity index (χ0n) is 13.4. The van der Waals surface area contributed by atoms with E-state index in [-0.39, 0.29) is 17.9 Å². The lowest BCUT2D eigenvalue weighted by molar-refractivity contribution is -0.137. The van der Waals surface area contributed by atoms with E-state index in [1.54, 1.807) is 0 Å². The van der Waals surface area contributed by atoms with Gasteiger partial charge in [0.05, 0.1) is 17.7 Å². The highest BCUT2D eigenvalue weighted by Crippen LogP contribution is 2.26. The first kappa shape index (κ1) is 16.0. The molecule has 0 radical (unpaired) electrons. The fraction of sp³-hybridized carbons (Fsp3) is 0.750. The van der Waals surface area contributed by atoms with E-state index in [0.29, 0.717) is 12.5 Å². The maximum Gasteiger partial charge on any atom is 0.225 e. The third kappa shape index (κ3) is 3.84. The number of nitrogens with zero attached hydrogens (tertiary/aromatic N) is 1. The Morgan fingerprint density at radius 3 is 2.81 bits per heavy atom. The first-order valence-electron chi connectivity index (χ1n) is 7.81. The molecule has 2 heterocycles. The molecule has 1 saturated heterocycles. The molecule has 0 aromatic carbocycles. The van der Waals surface area contributed by atoms with Crippen LogP contribution < -0.4 is 5.32 Å². The summed E-state index contributed by atoms with van der Waals surface area (Å²) < 4.78 is 10.9. The summed E-state index contributed by atoms with van der Waals surface area (Å²) >= 11 is 0. The monoisotopic (exact) mass is 294 g/mol. The Bertz CT molecular complexity index is 462. The van der Waals surface area contributed by atoms with Gasteiger partial charge in [0.2, 0.25) is 5.91 Å². The largest absolute Gasteiger partial charge is 0.377 e. The molecular formula is C16H26N2O3. The second kappa shape index (κ2) is 7.07. The lowest BCUT2D eigenvalue weighted by Gasteiger charge is -2.33. The Balaban J connectivity index is 1.86. The smallest absolute Gasteiger partial charge is 0.225 e. The quantitative estimate of drug-likeness (QED) is 0.905. The minimum Gasteiger partial charge on any atom is -0.377 e. The summed E-state index contributed by atoms with van der Waals surface area (Å²) in [5, 5.41) is 6.97. The van der Waals surface area contributed by atoms with Gasteiger partial charge >= 0.3 is 0 Å². The summed E-state index contributed by atoms with van der Waals surface area (Å²) in [5.74, 6) is 1.29. The lowest BCUT2D eigenvalue weighted by atomic mass is 9.87. The number of hydrogen-bond donors (Lipinski definition) is 1. The molecule has 1 aromatic rings. The van der Waals surface area contributed by atoms with Crippen molar-refractivity contribution in [2.45, 2.75) is 53.1 Å². The molecule has 1 amide bonds. The highest BCUT2D eigenvalue weighted by atomic mass is 16.5. The summed E-state index contributed by atoms with van der Waals surface area (Å²) in [6.45, 7) is 9.44. The summed E-state index contributed by atoms with van der Waals surface area (Å²) in [7, 11) is 0. The lowest BCUT2D eigenvalue weighted by Crippen LogP contribution is -2.44. The maximum absolute atomic E-state index is 12.4. The molecule has 21 heavy (non-hydrogen) atoms. The summed E-state index contributed by atoms with van der Waals surface area (Å²) in [4.78, 5) is 12.4. The van der Waals surface area contributed by atoms with Crippen LogP contribution in [-0.4, -0.2) is 30.3 Å². The SMILES string of the molecule is Cc1noc(C)c1CCNC(=O)[C@@H]1CCCO[C@H]1C(C)C. The summed E-state index contributed by atoms with van der Waals surface area (Å²) in [6, 6.07) is 0. The molecule has 1 N–H and O–H groups in total. The van der Waals surface area contributed by atoms with Crippen LogP contribution >= 0.6 is 0 Å². The van der Waals surface area contributed by atoms with Crippen molar-refractivity contribution in [1.29, 1.82) is 0 Å².